The Labute approximate surface area is 143 Å². The minimum atomic E-state index is -0.979. The molecule has 0 fully saturated rings. The highest BCUT2D eigenvalue weighted by molar-refractivity contribution is 9.11. The standard InChI is InChI=1S/C14H11Br2ClF2N2/c1-14(2,3)11-9(16)12(17)21-13(20-11)6-4-5-7(18)10(19)8(6)15/h4-5H,1-3H3. The molecule has 2 rings (SSSR count). The van der Waals surface area contributed by atoms with Crippen LogP contribution in [0.2, 0.25) is 5.15 Å². The van der Waals surface area contributed by atoms with Gasteiger partial charge in [-0.2, -0.15) is 0 Å². The van der Waals surface area contributed by atoms with E-state index >= 15 is 0 Å². The van der Waals surface area contributed by atoms with Gasteiger partial charge in [-0.3, -0.25) is 0 Å². The molecule has 0 spiro atoms. The number of halogens is 5. The Hall–Kier alpha value is -0.590. The van der Waals surface area contributed by atoms with E-state index in [1.807, 2.05) is 20.8 Å². The molecule has 21 heavy (non-hydrogen) atoms. The molecule has 0 saturated carbocycles. The quantitative estimate of drug-likeness (QED) is 0.408. The van der Waals surface area contributed by atoms with Crippen LogP contribution >= 0.6 is 43.5 Å². The van der Waals surface area contributed by atoms with E-state index in [0.717, 1.165) is 6.07 Å². The normalized spacial score (nSPS) is 11.8. The maximum atomic E-state index is 13.7. The van der Waals surface area contributed by atoms with Crippen LogP contribution in [-0.4, -0.2) is 9.97 Å². The number of hydrogen-bond acceptors (Lipinski definition) is 2. The Morgan fingerprint density at radius 2 is 1.67 bits per heavy atom. The van der Waals surface area contributed by atoms with Crippen molar-refractivity contribution in [3.63, 3.8) is 0 Å². The highest BCUT2D eigenvalue weighted by Crippen LogP contribution is 2.36. The SMILES string of the molecule is CC(C)(C)c1nc(-c2ccc(F)c(F)c2Br)nc(Cl)c1Br. The lowest BCUT2D eigenvalue weighted by Gasteiger charge is -2.20. The maximum absolute atomic E-state index is 13.7. The van der Waals surface area contributed by atoms with Crippen molar-refractivity contribution in [2.75, 3.05) is 0 Å². The lowest BCUT2D eigenvalue weighted by molar-refractivity contribution is 0.504. The summed E-state index contributed by atoms with van der Waals surface area (Å²) in [5, 5.41) is 0.224. The highest BCUT2D eigenvalue weighted by Gasteiger charge is 2.24. The van der Waals surface area contributed by atoms with Crippen LogP contribution in [0.25, 0.3) is 11.4 Å². The van der Waals surface area contributed by atoms with Gasteiger partial charge in [-0.25, -0.2) is 18.7 Å². The molecule has 0 saturated heterocycles. The third-order valence-electron chi connectivity index (χ3n) is 2.80. The molecule has 0 aliphatic rings. The third-order valence-corrected chi connectivity index (χ3v) is 4.83. The summed E-state index contributed by atoms with van der Waals surface area (Å²) < 4.78 is 27.4. The van der Waals surface area contributed by atoms with Crippen molar-refractivity contribution >= 4 is 43.5 Å². The lowest BCUT2D eigenvalue weighted by Crippen LogP contribution is -2.16. The number of rotatable bonds is 1. The van der Waals surface area contributed by atoms with Crippen molar-refractivity contribution in [3.8, 4) is 11.4 Å². The monoisotopic (exact) mass is 438 g/mol. The Balaban J connectivity index is 2.72. The Morgan fingerprint density at radius 1 is 1.05 bits per heavy atom. The summed E-state index contributed by atoms with van der Waals surface area (Å²) >= 11 is 12.5. The Kier molecular flexibility index (Phi) is 4.71. The van der Waals surface area contributed by atoms with E-state index in [-0.39, 0.29) is 20.9 Å². The van der Waals surface area contributed by atoms with Crippen LogP contribution in [0.1, 0.15) is 26.5 Å². The van der Waals surface area contributed by atoms with Crippen LogP contribution in [0.15, 0.2) is 21.1 Å². The van der Waals surface area contributed by atoms with Gasteiger partial charge in [0.15, 0.2) is 17.5 Å². The fraction of sp³-hybridized carbons (Fsp3) is 0.286. The van der Waals surface area contributed by atoms with Gasteiger partial charge >= 0.3 is 0 Å². The molecule has 0 atom stereocenters. The van der Waals surface area contributed by atoms with E-state index in [9.17, 15) is 8.78 Å². The molecule has 0 N–H and O–H groups in total. The zero-order valence-corrected chi connectivity index (χ0v) is 15.4. The second-order valence-electron chi connectivity index (χ2n) is 5.47. The first-order valence-electron chi connectivity index (χ1n) is 6.00. The molecule has 2 nitrogen and oxygen atoms in total. The second kappa shape index (κ2) is 5.89. The molecule has 0 amide bonds. The van der Waals surface area contributed by atoms with Gasteiger partial charge < -0.3 is 0 Å². The van der Waals surface area contributed by atoms with E-state index in [1.54, 1.807) is 0 Å². The molecule has 1 aromatic heterocycles. The fourth-order valence-electron chi connectivity index (χ4n) is 1.74. The van der Waals surface area contributed by atoms with E-state index < -0.39 is 11.6 Å². The minimum Gasteiger partial charge on any atom is -0.231 e. The first-order valence-corrected chi connectivity index (χ1v) is 7.96. The summed E-state index contributed by atoms with van der Waals surface area (Å²) in [5.74, 6) is -1.68. The number of nitrogens with zero attached hydrogens (tertiary/aromatic N) is 2. The second-order valence-corrected chi connectivity index (χ2v) is 7.42. The largest absolute Gasteiger partial charge is 0.231 e. The predicted octanol–water partition coefficient (Wildman–Crippen LogP) is 5.90. The molecule has 7 heteroatoms. The third kappa shape index (κ3) is 3.27. The summed E-state index contributed by atoms with van der Waals surface area (Å²) in [6.07, 6.45) is 0. The minimum absolute atomic E-state index is 0.0271. The van der Waals surface area contributed by atoms with Crippen molar-refractivity contribution in [1.82, 2.24) is 9.97 Å². The molecule has 0 radical (unpaired) electrons. The van der Waals surface area contributed by atoms with Gasteiger partial charge in [0.2, 0.25) is 0 Å². The van der Waals surface area contributed by atoms with Gasteiger partial charge in [0.1, 0.15) is 5.15 Å². The van der Waals surface area contributed by atoms with E-state index in [1.165, 1.54) is 6.07 Å². The van der Waals surface area contributed by atoms with Gasteiger partial charge in [-0.15, -0.1) is 0 Å². The van der Waals surface area contributed by atoms with Crippen molar-refractivity contribution in [3.05, 3.63) is 43.6 Å². The molecular weight excluding hydrogens is 429 g/mol. The fourth-order valence-corrected chi connectivity index (χ4v) is 3.18. The summed E-state index contributed by atoms with van der Waals surface area (Å²) in [6, 6.07) is 2.44. The van der Waals surface area contributed by atoms with E-state index in [0.29, 0.717) is 15.7 Å². The maximum Gasteiger partial charge on any atom is 0.173 e. The Morgan fingerprint density at radius 3 is 2.24 bits per heavy atom. The van der Waals surface area contributed by atoms with Gasteiger partial charge in [0.25, 0.3) is 0 Å². The topological polar surface area (TPSA) is 25.8 Å². The van der Waals surface area contributed by atoms with Crippen LogP contribution < -0.4 is 0 Å². The summed E-state index contributed by atoms with van der Waals surface area (Å²) in [6.45, 7) is 5.92. The van der Waals surface area contributed by atoms with E-state index in [4.69, 9.17) is 11.6 Å². The molecule has 112 valence electrons. The van der Waals surface area contributed by atoms with Crippen LogP contribution in [0.3, 0.4) is 0 Å². The first kappa shape index (κ1) is 16.8. The van der Waals surface area contributed by atoms with Crippen molar-refractivity contribution in [2.45, 2.75) is 26.2 Å². The zero-order chi connectivity index (χ0) is 15.9. The molecule has 1 aromatic carbocycles. The van der Waals surface area contributed by atoms with Gasteiger partial charge in [0, 0.05) is 11.0 Å². The Bertz CT molecular complexity index is 715. The van der Waals surface area contributed by atoms with E-state index in [2.05, 4.69) is 41.8 Å². The van der Waals surface area contributed by atoms with Crippen molar-refractivity contribution < 1.29 is 8.78 Å². The average molecular weight is 441 g/mol. The van der Waals surface area contributed by atoms with Crippen molar-refractivity contribution in [1.29, 1.82) is 0 Å². The molecule has 0 aliphatic heterocycles. The lowest BCUT2D eigenvalue weighted by atomic mass is 9.92. The number of hydrogen-bond donors (Lipinski definition) is 0. The van der Waals surface area contributed by atoms with Crippen LogP contribution in [-0.2, 0) is 5.41 Å². The molecular formula is C14H11Br2ClF2N2. The van der Waals surface area contributed by atoms with Crippen LogP contribution in [0, 0.1) is 11.6 Å². The average Bonchev–Trinajstić information content (AvgIpc) is 2.38. The van der Waals surface area contributed by atoms with Gasteiger partial charge in [0.05, 0.1) is 14.6 Å². The molecule has 0 bridgehead atoms. The molecule has 0 unspecified atom stereocenters. The summed E-state index contributed by atoms with van der Waals surface area (Å²) in [4.78, 5) is 8.58. The smallest absolute Gasteiger partial charge is 0.173 e. The number of aromatic nitrogens is 2. The summed E-state index contributed by atoms with van der Waals surface area (Å²) in [7, 11) is 0. The molecule has 0 aliphatic carbocycles. The van der Waals surface area contributed by atoms with Crippen LogP contribution in [0.4, 0.5) is 8.78 Å². The van der Waals surface area contributed by atoms with Crippen LogP contribution in [0.5, 0.6) is 0 Å². The number of benzene rings is 1. The van der Waals surface area contributed by atoms with Gasteiger partial charge in [-0.05, 0) is 44.0 Å². The molecule has 1 heterocycles. The predicted molar refractivity (Wildman–Crippen MR) is 86.5 cm³/mol. The van der Waals surface area contributed by atoms with Crippen molar-refractivity contribution in [2.24, 2.45) is 0 Å². The highest BCUT2D eigenvalue weighted by atomic mass is 79.9. The van der Waals surface area contributed by atoms with Gasteiger partial charge in [-0.1, -0.05) is 32.4 Å². The summed E-state index contributed by atoms with van der Waals surface area (Å²) in [5.41, 5.74) is 0.744. The zero-order valence-electron chi connectivity index (χ0n) is 11.4. The first-order chi connectivity index (χ1) is 9.62. The molecule has 2 aromatic rings.